The molecule has 7 nitrogen and oxygen atoms in total. The molecule has 0 unspecified atom stereocenters. The van der Waals surface area contributed by atoms with Crippen molar-refractivity contribution in [3.8, 4) is 17.3 Å². The molecule has 0 saturated carbocycles. The van der Waals surface area contributed by atoms with E-state index >= 15 is 0 Å². The Morgan fingerprint density at radius 1 is 1.07 bits per heavy atom. The molecule has 156 valence electrons. The zero-order chi connectivity index (χ0) is 21.3. The maximum Gasteiger partial charge on any atom is 0.341 e. The van der Waals surface area contributed by atoms with E-state index in [0.717, 1.165) is 17.1 Å². The van der Waals surface area contributed by atoms with E-state index in [1.165, 1.54) is 0 Å². The van der Waals surface area contributed by atoms with Crippen molar-refractivity contribution >= 4 is 17.2 Å². The number of hydrogen-bond donors (Lipinski definition) is 1. The lowest BCUT2D eigenvalue weighted by Crippen LogP contribution is -2.09. The molecule has 0 bridgehead atoms. The number of hydrogen-bond acceptors (Lipinski definition) is 6. The Hall–Kier alpha value is -3.74. The third-order valence-corrected chi connectivity index (χ3v) is 4.21. The Balaban J connectivity index is 1.97. The molecule has 1 heterocycles. The molecule has 0 aliphatic heterocycles. The molecule has 0 aliphatic rings. The molecular weight excluding hydrogens is 382 g/mol. The minimum atomic E-state index is -0.473. The van der Waals surface area contributed by atoms with E-state index in [1.807, 2.05) is 61.5 Å². The molecule has 0 spiro atoms. The molecule has 3 aromatic rings. The van der Waals surface area contributed by atoms with Crippen molar-refractivity contribution in [2.75, 3.05) is 25.6 Å². The molecule has 0 saturated heterocycles. The van der Waals surface area contributed by atoms with Crippen LogP contribution < -0.4 is 14.8 Å². The van der Waals surface area contributed by atoms with Crippen LogP contribution in [0.15, 0.2) is 66.9 Å². The van der Waals surface area contributed by atoms with E-state index in [4.69, 9.17) is 14.2 Å². The van der Waals surface area contributed by atoms with Crippen molar-refractivity contribution in [3.63, 3.8) is 0 Å². The summed E-state index contributed by atoms with van der Waals surface area (Å²) in [6.45, 7) is 4.40. The van der Waals surface area contributed by atoms with Gasteiger partial charge in [-0.25, -0.2) is 9.48 Å². The van der Waals surface area contributed by atoms with Gasteiger partial charge in [0, 0.05) is 18.0 Å². The number of benzene rings is 2. The molecule has 0 fully saturated rings. The number of carbonyl (C=O) groups excluding carboxylic acids is 1. The lowest BCUT2D eigenvalue weighted by Gasteiger charge is -2.07. The zero-order valence-electron chi connectivity index (χ0n) is 17.3. The van der Waals surface area contributed by atoms with Crippen LogP contribution in [0.2, 0.25) is 0 Å². The first-order chi connectivity index (χ1) is 14.7. The van der Waals surface area contributed by atoms with Crippen molar-refractivity contribution in [2.45, 2.75) is 13.8 Å². The number of nitrogens with one attached hydrogen (secondary N) is 1. The van der Waals surface area contributed by atoms with Crippen molar-refractivity contribution < 1.29 is 19.0 Å². The van der Waals surface area contributed by atoms with Crippen LogP contribution in [0.25, 0.3) is 11.3 Å². The number of anilines is 1. The summed E-state index contributed by atoms with van der Waals surface area (Å²) < 4.78 is 17.8. The Morgan fingerprint density at radius 2 is 1.80 bits per heavy atom. The average Bonchev–Trinajstić information content (AvgIpc) is 3.19. The largest absolute Gasteiger partial charge is 0.497 e. The molecule has 1 aromatic heterocycles. The number of nitrogens with zero attached hydrogens (tertiary/aromatic N) is 2. The zero-order valence-corrected chi connectivity index (χ0v) is 17.3. The first-order valence-electron chi connectivity index (χ1n) is 9.72. The molecule has 2 aromatic carbocycles. The normalized spacial score (nSPS) is 11.1. The quantitative estimate of drug-likeness (QED) is 0.421. The van der Waals surface area contributed by atoms with Crippen molar-refractivity contribution in [3.05, 3.63) is 72.6 Å². The lowest BCUT2D eigenvalue weighted by atomic mass is 10.2. The summed E-state index contributed by atoms with van der Waals surface area (Å²) in [5.41, 5.74) is 2.37. The highest BCUT2D eigenvalue weighted by atomic mass is 16.5. The smallest absolute Gasteiger partial charge is 0.341 e. The third-order valence-electron chi connectivity index (χ3n) is 4.21. The summed E-state index contributed by atoms with van der Waals surface area (Å²) in [6, 6.07) is 18.7. The number of methoxy groups -OCH3 is 1. The Morgan fingerprint density at radius 3 is 2.43 bits per heavy atom. The minimum absolute atomic E-state index is 0.260. The summed E-state index contributed by atoms with van der Waals surface area (Å²) >= 11 is 0. The maximum atomic E-state index is 12.6. The summed E-state index contributed by atoms with van der Waals surface area (Å²) in [7, 11) is 1.61. The van der Waals surface area contributed by atoms with Crippen LogP contribution in [-0.2, 0) is 9.53 Å². The second-order valence-electron chi connectivity index (χ2n) is 6.20. The minimum Gasteiger partial charge on any atom is -0.497 e. The molecular formula is C23H25N3O4. The fourth-order valence-corrected chi connectivity index (χ4v) is 2.79. The fourth-order valence-electron chi connectivity index (χ4n) is 2.79. The lowest BCUT2D eigenvalue weighted by molar-refractivity contribution is -0.136. The molecule has 0 atom stereocenters. The third kappa shape index (κ3) is 5.00. The van der Waals surface area contributed by atoms with Gasteiger partial charge in [-0.2, -0.15) is 5.10 Å². The van der Waals surface area contributed by atoms with E-state index in [1.54, 1.807) is 31.0 Å². The van der Waals surface area contributed by atoms with E-state index in [9.17, 15) is 4.79 Å². The number of carbonyl (C=O) groups is 1. The summed E-state index contributed by atoms with van der Waals surface area (Å²) in [6.07, 6.45) is 1.59. The van der Waals surface area contributed by atoms with Gasteiger partial charge in [0.2, 0.25) is 5.88 Å². The highest BCUT2D eigenvalue weighted by Gasteiger charge is 2.20. The molecule has 3 rings (SSSR count). The van der Waals surface area contributed by atoms with Gasteiger partial charge < -0.3 is 19.5 Å². The van der Waals surface area contributed by atoms with Crippen molar-refractivity contribution in [2.24, 2.45) is 0 Å². The number of rotatable bonds is 9. The van der Waals surface area contributed by atoms with E-state index in [-0.39, 0.29) is 6.61 Å². The summed E-state index contributed by atoms with van der Waals surface area (Å²) in [5.74, 6) is 0.815. The number of para-hydroxylation sites is 1. The van der Waals surface area contributed by atoms with Crippen molar-refractivity contribution in [1.29, 1.82) is 0 Å². The molecule has 0 amide bonds. The van der Waals surface area contributed by atoms with Crippen LogP contribution in [-0.4, -0.2) is 36.1 Å². The predicted molar refractivity (Wildman–Crippen MR) is 116 cm³/mol. The van der Waals surface area contributed by atoms with E-state index in [2.05, 4.69) is 10.4 Å². The van der Waals surface area contributed by atoms with Gasteiger partial charge in [-0.15, -0.1) is 0 Å². The van der Waals surface area contributed by atoms with Crippen LogP contribution in [0.5, 0.6) is 11.6 Å². The summed E-state index contributed by atoms with van der Waals surface area (Å²) in [5, 5.41) is 7.73. The van der Waals surface area contributed by atoms with Gasteiger partial charge in [0.15, 0.2) is 0 Å². The topological polar surface area (TPSA) is 74.6 Å². The van der Waals surface area contributed by atoms with E-state index in [0.29, 0.717) is 23.8 Å². The van der Waals surface area contributed by atoms with Gasteiger partial charge in [-0.05, 0) is 50.2 Å². The second kappa shape index (κ2) is 10.2. The SMILES string of the molecule is CCOC(=O)/C(=C/Nc1ccc(OC)cc1)c1cc(OCC)n(-c2ccccc2)n1. The predicted octanol–water partition coefficient (Wildman–Crippen LogP) is 4.30. The van der Waals surface area contributed by atoms with Crippen molar-refractivity contribution in [1.82, 2.24) is 9.78 Å². The first-order valence-corrected chi connectivity index (χ1v) is 9.72. The number of ether oxygens (including phenoxy) is 3. The molecule has 7 heteroatoms. The van der Waals surface area contributed by atoms with Gasteiger partial charge in [0.05, 0.1) is 26.0 Å². The Labute approximate surface area is 175 Å². The average molecular weight is 407 g/mol. The van der Waals surface area contributed by atoms with E-state index < -0.39 is 5.97 Å². The van der Waals surface area contributed by atoms with Crippen LogP contribution in [0.4, 0.5) is 5.69 Å². The van der Waals surface area contributed by atoms with Gasteiger partial charge in [-0.3, -0.25) is 0 Å². The van der Waals surface area contributed by atoms with Crippen LogP contribution in [0, 0.1) is 0 Å². The number of aromatic nitrogens is 2. The van der Waals surface area contributed by atoms with Gasteiger partial charge >= 0.3 is 5.97 Å². The molecule has 30 heavy (non-hydrogen) atoms. The highest BCUT2D eigenvalue weighted by molar-refractivity contribution is 6.16. The Bertz CT molecular complexity index is 995. The molecule has 0 radical (unpaired) electrons. The van der Waals surface area contributed by atoms with Gasteiger partial charge in [-0.1, -0.05) is 18.2 Å². The van der Waals surface area contributed by atoms with Crippen LogP contribution in [0.1, 0.15) is 19.5 Å². The standard InChI is InChI=1S/C23H25N3O4/c1-4-29-22-15-21(25-26(22)18-9-7-6-8-10-18)20(23(27)30-5-2)16-24-17-11-13-19(28-3)14-12-17/h6-16,24H,4-5H2,1-3H3/b20-16+. The highest BCUT2D eigenvalue weighted by Crippen LogP contribution is 2.25. The summed E-state index contributed by atoms with van der Waals surface area (Å²) in [4.78, 5) is 12.6. The van der Waals surface area contributed by atoms with Crippen LogP contribution in [0.3, 0.4) is 0 Å². The van der Waals surface area contributed by atoms with Gasteiger partial charge in [0.1, 0.15) is 17.0 Å². The number of esters is 1. The van der Waals surface area contributed by atoms with Crippen LogP contribution >= 0.6 is 0 Å². The van der Waals surface area contributed by atoms with Gasteiger partial charge in [0.25, 0.3) is 0 Å². The Kier molecular flexibility index (Phi) is 7.10. The monoisotopic (exact) mass is 407 g/mol. The first kappa shape index (κ1) is 21.0. The second-order valence-corrected chi connectivity index (χ2v) is 6.20. The maximum absolute atomic E-state index is 12.6. The molecule has 1 N–H and O–H groups in total. The fraction of sp³-hybridized carbons (Fsp3) is 0.217. The molecule has 0 aliphatic carbocycles.